The lowest BCUT2D eigenvalue weighted by Gasteiger charge is -2.20. The van der Waals surface area contributed by atoms with Crippen LogP contribution in [0.25, 0.3) is 22.4 Å². The van der Waals surface area contributed by atoms with Gasteiger partial charge in [-0.1, -0.05) is 0 Å². The molecule has 3 aliphatic rings. The largest absolute Gasteiger partial charge is 0.418 e. The number of nitrogens with one attached hydrogen (secondary N) is 2. The highest BCUT2D eigenvalue weighted by atomic mass is 19.4. The summed E-state index contributed by atoms with van der Waals surface area (Å²) in [5.74, 6) is 1.11. The van der Waals surface area contributed by atoms with E-state index in [-0.39, 0.29) is 16.9 Å². The number of aromatic amines is 1. The Hall–Kier alpha value is -2.68. The number of hydrogen-bond acceptors (Lipinski definition) is 5. The van der Waals surface area contributed by atoms with Gasteiger partial charge in [0.25, 0.3) is 0 Å². The van der Waals surface area contributed by atoms with Crippen molar-refractivity contribution in [3.05, 3.63) is 36.0 Å². The monoisotopic (exact) mass is 386 g/mol. The molecular formula is C19H17F3N6. The molecule has 1 aliphatic carbocycles. The van der Waals surface area contributed by atoms with Crippen LogP contribution in [0.1, 0.15) is 18.4 Å². The normalized spacial score (nSPS) is 28.6. The van der Waals surface area contributed by atoms with Gasteiger partial charge in [0.1, 0.15) is 17.2 Å². The number of H-pyrrole nitrogens is 1. The number of aromatic nitrogens is 4. The number of fused-ring (bicyclic) bond motifs is 1. The third-order valence-electron chi connectivity index (χ3n) is 6.48. The molecule has 28 heavy (non-hydrogen) atoms. The summed E-state index contributed by atoms with van der Waals surface area (Å²) in [6.07, 6.45) is -0.592. The molecule has 0 bridgehead atoms. The number of alkyl halides is 3. The average Bonchev–Trinajstić information content (AvgIpc) is 3.01. The third-order valence-corrected chi connectivity index (χ3v) is 6.48. The topological polar surface area (TPSA) is 79.6 Å². The van der Waals surface area contributed by atoms with Crippen LogP contribution in [0.4, 0.5) is 19.0 Å². The second-order valence-corrected chi connectivity index (χ2v) is 7.93. The van der Waals surface area contributed by atoms with Crippen molar-refractivity contribution >= 4 is 16.9 Å². The van der Waals surface area contributed by atoms with E-state index < -0.39 is 11.7 Å². The van der Waals surface area contributed by atoms with Crippen molar-refractivity contribution in [2.24, 2.45) is 5.92 Å². The molecule has 2 aliphatic heterocycles. The molecule has 0 aromatic carbocycles. The van der Waals surface area contributed by atoms with Gasteiger partial charge in [-0.25, -0.2) is 9.97 Å². The zero-order chi connectivity index (χ0) is 19.1. The van der Waals surface area contributed by atoms with Crippen molar-refractivity contribution in [1.29, 1.82) is 0 Å². The van der Waals surface area contributed by atoms with Gasteiger partial charge in [0.05, 0.1) is 11.1 Å². The highest BCUT2D eigenvalue weighted by molar-refractivity contribution is 5.90. The minimum Gasteiger partial charge on any atom is -0.354 e. The average molecular weight is 386 g/mol. The number of nitrogens with zero attached hydrogens (tertiary/aromatic N) is 4. The van der Waals surface area contributed by atoms with Crippen LogP contribution in [-0.4, -0.2) is 44.8 Å². The quantitative estimate of drug-likeness (QED) is 0.662. The lowest BCUT2D eigenvalue weighted by atomic mass is 9.99. The Balaban J connectivity index is 1.46. The molecule has 3 fully saturated rings. The van der Waals surface area contributed by atoms with E-state index in [0.29, 0.717) is 28.8 Å². The highest BCUT2D eigenvalue weighted by Crippen LogP contribution is 2.52. The fourth-order valence-electron chi connectivity index (χ4n) is 5.07. The fourth-order valence-corrected chi connectivity index (χ4v) is 5.07. The van der Waals surface area contributed by atoms with Crippen LogP contribution < -0.4 is 10.2 Å². The molecule has 0 amide bonds. The van der Waals surface area contributed by atoms with Crippen LogP contribution in [0.2, 0.25) is 0 Å². The van der Waals surface area contributed by atoms with Gasteiger partial charge >= 0.3 is 6.18 Å². The van der Waals surface area contributed by atoms with Crippen molar-refractivity contribution < 1.29 is 13.2 Å². The van der Waals surface area contributed by atoms with Gasteiger partial charge < -0.3 is 10.2 Å². The van der Waals surface area contributed by atoms with Gasteiger partial charge in [-0.05, 0) is 43.0 Å². The fraction of sp³-hybridized carbons (Fsp3) is 0.421. The Labute approximate surface area is 158 Å². The van der Waals surface area contributed by atoms with Gasteiger partial charge in [-0.3, -0.25) is 5.10 Å². The molecule has 2 N–H and O–H groups in total. The maximum Gasteiger partial charge on any atom is 0.418 e. The minimum atomic E-state index is -4.52. The van der Waals surface area contributed by atoms with E-state index in [1.807, 2.05) is 0 Å². The SMILES string of the molecule is FC(F)(F)c1ccc(N2CC3CCC4NC34C2)nc1-c1n[nH]c2ncccc12. The molecule has 1 saturated carbocycles. The first-order chi connectivity index (χ1) is 13.5. The Morgan fingerprint density at radius 3 is 2.82 bits per heavy atom. The smallest absolute Gasteiger partial charge is 0.354 e. The number of rotatable bonds is 2. The minimum absolute atomic E-state index is 0.146. The molecule has 5 heterocycles. The first-order valence-corrected chi connectivity index (χ1v) is 9.36. The Morgan fingerprint density at radius 1 is 1.14 bits per heavy atom. The maximum absolute atomic E-state index is 13.7. The zero-order valence-electron chi connectivity index (χ0n) is 14.8. The Bertz CT molecular complexity index is 1090. The van der Waals surface area contributed by atoms with E-state index >= 15 is 0 Å². The number of hydrogen-bond donors (Lipinski definition) is 2. The van der Waals surface area contributed by atoms with Crippen molar-refractivity contribution in [2.75, 3.05) is 18.0 Å². The summed E-state index contributed by atoms with van der Waals surface area (Å²) >= 11 is 0. The van der Waals surface area contributed by atoms with Crippen molar-refractivity contribution in [3.63, 3.8) is 0 Å². The molecular weight excluding hydrogens is 369 g/mol. The number of halogens is 3. The first-order valence-electron chi connectivity index (χ1n) is 9.36. The highest BCUT2D eigenvalue weighted by Gasteiger charge is 2.66. The van der Waals surface area contributed by atoms with E-state index in [1.54, 1.807) is 18.3 Å². The summed E-state index contributed by atoms with van der Waals surface area (Å²) in [6.45, 7) is 1.62. The summed E-state index contributed by atoms with van der Waals surface area (Å²) < 4.78 is 41.1. The van der Waals surface area contributed by atoms with Crippen molar-refractivity contribution in [3.8, 4) is 11.4 Å². The molecule has 3 aromatic rings. The number of piperidine rings is 1. The predicted molar refractivity (Wildman–Crippen MR) is 96.7 cm³/mol. The molecule has 0 radical (unpaired) electrons. The van der Waals surface area contributed by atoms with Gasteiger partial charge in [0.2, 0.25) is 0 Å². The van der Waals surface area contributed by atoms with E-state index in [9.17, 15) is 13.2 Å². The molecule has 3 aromatic heterocycles. The predicted octanol–water partition coefficient (Wildman–Crippen LogP) is 2.98. The standard InChI is InChI=1S/C19H17F3N6/c20-19(21,22)12-4-6-14(28-8-10-3-5-13-18(10,9-28)25-13)24-16(12)15-11-2-1-7-23-17(11)27-26-15/h1-2,4,6-7,10,13,25H,3,5,8-9H2,(H,23,26,27). The third kappa shape index (κ3) is 2.16. The zero-order valence-corrected chi connectivity index (χ0v) is 14.8. The summed E-state index contributed by atoms with van der Waals surface area (Å²) in [5.41, 5.74) is -0.171. The molecule has 2 saturated heterocycles. The van der Waals surface area contributed by atoms with E-state index in [0.717, 1.165) is 25.6 Å². The van der Waals surface area contributed by atoms with Crippen LogP contribution >= 0.6 is 0 Å². The van der Waals surface area contributed by atoms with Crippen molar-refractivity contribution in [1.82, 2.24) is 25.5 Å². The summed E-state index contributed by atoms with van der Waals surface area (Å²) in [6, 6.07) is 6.54. The molecule has 3 unspecified atom stereocenters. The van der Waals surface area contributed by atoms with E-state index in [1.165, 1.54) is 12.5 Å². The van der Waals surface area contributed by atoms with Crippen LogP contribution in [0.5, 0.6) is 0 Å². The molecule has 144 valence electrons. The van der Waals surface area contributed by atoms with Crippen molar-refractivity contribution in [2.45, 2.75) is 30.6 Å². The lowest BCUT2D eigenvalue weighted by molar-refractivity contribution is -0.137. The maximum atomic E-state index is 13.7. The van der Waals surface area contributed by atoms with E-state index in [4.69, 9.17) is 0 Å². The molecule has 3 atom stereocenters. The molecule has 6 rings (SSSR count). The first kappa shape index (κ1) is 16.3. The van der Waals surface area contributed by atoms with Crippen LogP contribution in [0, 0.1) is 5.92 Å². The number of pyridine rings is 2. The Morgan fingerprint density at radius 2 is 2.04 bits per heavy atom. The molecule has 9 heteroatoms. The van der Waals surface area contributed by atoms with Crippen LogP contribution in [0.3, 0.4) is 0 Å². The summed E-state index contributed by atoms with van der Waals surface area (Å²) in [4.78, 5) is 10.7. The summed E-state index contributed by atoms with van der Waals surface area (Å²) in [7, 11) is 0. The van der Waals surface area contributed by atoms with Gasteiger partial charge in [0.15, 0.2) is 5.65 Å². The van der Waals surface area contributed by atoms with E-state index in [2.05, 4.69) is 30.4 Å². The van der Waals surface area contributed by atoms with Crippen LogP contribution in [-0.2, 0) is 6.18 Å². The van der Waals surface area contributed by atoms with Gasteiger partial charge in [-0.2, -0.15) is 18.3 Å². The second kappa shape index (κ2) is 5.22. The van der Waals surface area contributed by atoms with Crippen LogP contribution in [0.15, 0.2) is 30.5 Å². The molecule has 6 nitrogen and oxygen atoms in total. The lowest BCUT2D eigenvalue weighted by Crippen LogP contribution is -2.27. The van der Waals surface area contributed by atoms with Gasteiger partial charge in [0, 0.05) is 30.7 Å². The second-order valence-electron chi connectivity index (χ2n) is 7.93. The van der Waals surface area contributed by atoms with Gasteiger partial charge in [-0.15, -0.1) is 0 Å². The Kier molecular flexibility index (Phi) is 3.04. The number of anilines is 1. The molecule has 1 spiro atoms. The summed E-state index contributed by atoms with van der Waals surface area (Å²) in [5, 5.41) is 10.9.